The van der Waals surface area contributed by atoms with Gasteiger partial charge in [0.2, 0.25) is 5.91 Å². The molecule has 0 spiro atoms. The number of anilines is 1. The first-order chi connectivity index (χ1) is 13.9. The van der Waals surface area contributed by atoms with Gasteiger partial charge in [0.05, 0.1) is 11.9 Å². The molecule has 0 aliphatic heterocycles. The molecule has 4 rings (SSSR count). The number of para-hydroxylation sites is 1. The number of amides is 1. The van der Waals surface area contributed by atoms with Gasteiger partial charge in [-0.25, -0.2) is 9.67 Å². The summed E-state index contributed by atoms with van der Waals surface area (Å²) >= 11 is 0. The Morgan fingerprint density at radius 3 is 2.62 bits per heavy atom. The third kappa shape index (κ3) is 3.54. The van der Waals surface area contributed by atoms with Crippen LogP contribution in [0.25, 0.3) is 16.7 Å². The first-order valence-electron chi connectivity index (χ1n) is 9.30. The Labute approximate surface area is 167 Å². The van der Waals surface area contributed by atoms with Gasteiger partial charge in [0.1, 0.15) is 18.3 Å². The Kier molecular flexibility index (Phi) is 4.72. The van der Waals surface area contributed by atoms with Crippen molar-refractivity contribution in [2.24, 2.45) is 0 Å². The number of carbonyl (C=O) groups excluding carboxylic acids is 1. The second kappa shape index (κ2) is 7.35. The third-order valence-corrected chi connectivity index (χ3v) is 4.87. The molecular weight excluding hydrogens is 366 g/mol. The lowest BCUT2D eigenvalue weighted by Gasteiger charge is -2.10. The van der Waals surface area contributed by atoms with Crippen molar-refractivity contribution in [2.75, 3.05) is 5.32 Å². The predicted molar refractivity (Wildman–Crippen MR) is 112 cm³/mol. The standard InChI is InChI=1S/C22H21N5O2/c1-14-8-9-18(16(3)10-14)25-20(28)12-26-13-23-21-17(22(26)29)11-24-27(21)19-7-5-4-6-15(19)2/h4-11,13H,12H2,1-3H3,(H,25,28). The van der Waals surface area contributed by atoms with Gasteiger partial charge in [0.25, 0.3) is 5.56 Å². The average molecular weight is 387 g/mol. The second-order valence-electron chi connectivity index (χ2n) is 7.12. The monoisotopic (exact) mass is 387 g/mol. The smallest absolute Gasteiger partial charge is 0.264 e. The van der Waals surface area contributed by atoms with Gasteiger partial charge < -0.3 is 5.32 Å². The van der Waals surface area contributed by atoms with Crippen LogP contribution >= 0.6 is 0 Å². The highest BCUT2D eigenvalue weighted by molar-refractivity contribution is 5.91. The molecule has 0 radical (unpaired) electrons. The SMILES string of the molecule is Cc1ccc(NC(=O)Cn2cnc3c(cnn3-c3ccccc3C)c2=O)c(C)c1. The van der Waals surface area contributed by atoms with Crippen molar-refractivity contribution >= 4 is 22.6 Å². The largest absolute Gasteiger partial charge is 0.324 e. The zero-order valence-corrected chi connectivity index (χ0v) is 16.5. The van der Waals surface area contributed by atoms with Gasteiger partial charge in [-0.2, -0.15) is 5.10 Å². The van der Waals surface area contributed by atoms with E-state index >= 15 is 0 Å². The summed E-state index contributed by atoms with van der Waals surface area (Å²) in [5.41, 5.74) is 4.88. The highest BCUT2D eigenvalue weighted by Crippen LogP contribution is 2.18. The van der Waals surface area contributed by atoms with Gasteiger partial charge in [-0.15, -0.1) is 0 Å². The summed E-state index contributed by atoms with van der Waals surface area (Å²) in [6.07, 6.45) is 2.89. The molecule has 146 valence electrons. The number of hydrogen-bond donors (Lipinski definition) is 1. The molecule has 7 nitrogen and oxygen atoms in total. The van der Waals surface area contributed by atoms with Gasteiger partial charge >= 0.3 is 0 Å². The highest BCUT2D eigenvalue weighted by Gasteiger charge is 2.14. The molecule has 4 aromatic rings. The number of nitrogens with zero attached hydrogens (tertiary/aromatic N) is 4. The average Bonchev–Trinajstić information content (AvgIpc) is 3.11. The van der Waals surface area contributed by atoms with Crippen molar-refractivity contribution in [1.29, 1.82) is 0 Å². The van der Waals surface area contributed by atoms with Crippen LogP contribution in [0.15, 0.2) is 59.8 Å². The maximum atomic E-state index is 12.8. The Balaban J connectivity index is 1.62. The van der Waals surface area contributed by atoms with Crippen molar-refractivity contribution in [2.45, 2.75) is 27.3 Å². The summed E-state index contributed by atoms with van der Waals surface area (Å²) in [4.78, 5) is 29.7. The highest BCUT2D eigenvalue weighted by atomic mass is 16.2. The number of carbonyl (C=O) groups is 1. The molecular formula is C22H21N5O2. The Hall–Kier alpha value is -3.74. The van der Waals surface area contributed by atoms with Crippen LogP contribution in [-0.2, 0) is 11.3 Å². The van der Waals surface area contributed by atoms with Crippen LogP contribution in [0.4, 0.5) is 5.69 Å². The maximum absolute atomic E-state index is 12.8. The Morgan fingerprint density at radius 1 is 1.07 bits per heavy atom. The molecule has 29 heavy (non-hydrogen) atoms. The van der Waals surface area contributed by atoms with E-state index in [0.29, 0.717) is 11.0 Å². The molecule has 0 unspecified atom stereocenters. The van der Waals surface area contributed by atoms with E-state index in [2.05, 4.69) is 15.4 Å². The van der Waals surface area contributed by atoms with Crippen molar-refractivity contribution in [1.82, 2.24) is 19.3 Å². The fraction of sp³-hybridized carbons (Fsp3) is 0.182. The van der Waals surface area contributed by atoms with Crippen LogP contribution < -0.4 is 10.9 Å². The van der Waals surface area contributed by atoms with Crippen LogP contribution in [0.2, 0.25) is 0 Å². The first-order valence-corrected chi connectivity index (χ1v) is 9.30. The Bertz CT molecular complexity index is 1290. The number of aromatic nitrogens is 4. The maximum Gasteiger partial charge on any atom is 0.264 e. The molecule has 2 aromatic heterocycles. The molecule has 0 fully saturated rings. The van der Waals surface area contributed by atoms with Gasteiger partial charge in [-0.3, -0.25) is 14.2 Å². The lowest BCUT2D eigenvalue weighted by atomic mass is 10.1. The van der Waals surface area contributed by atoms with Crippen molar-refractivity contribution in [3.05, 3.63) is 82.0 Å². The number of rotatable bonds is 4. The van der Waals surface area contributed by atoms with Crippen molar-refractivity contribution in [3.8, 4) is 5.69 Å². The minimum absolute atomic E-state index is 0.120. The van der Waals surface area contributed by atoms with E-state index in [-0.39, 0.29) is 18.0 Å². The number of fused-ring (bicyclic) bond motifs is 1. The van der Waals surface area contributed by atoms with Crippen LogP contribution in [0.3, 0.4) is 0 Å². The van der Waals surface area contributed by atoms with Gasteiger partial charge in [-0.1, -0.05) is 35.9 Å². The quantitative estimate of drug-likeness (QED) is 0.583. The summed E-state index contributed by atoms with van der Waals surface area (Å²) in [5.74, 6) is -0.286. The van der Waals surface area contributed by atoms with Crippen LogP contribution in [0.5, 0.6) is 0 Å². The molecule has 0 atom stereocenters. The van der Waals surface area contributed by atoms with Crippen molar-refractivity contribution < 1.29 is 4.79 Å². The molecule has 0 aliphatic rings. The summed E-state index contributed by atoms with van der Waals surface area (Å²) < 4.78 is 2.94. The van der Waals surface area contributed by atoms with E-state index in [1.807, 2.05) is 63.2 Å². The van der Waals surface area contributed by atoms with Gasteiger partial charge in [-0.05, 0) is 44.0 Å². The summed E-state index contributed by atoms with van der Waals surface area (Å²) in [6, 6.07) is 13.5. The molecule has 0 bridgehead atoms. The molecule has 0 saturated carbocycles. The fourth-order valence-electron chi connectivity index (χ4n) is 3.34. The number of benzene rings is 2. The van der Waals surface area contributed by atoms with E-state index in [9.17, 15) is 9.59 Å². The third-order valence-electron chi connectivity index (χ3n) is 4.87. The molecule has 1 N–H and O–H groups in total. The van der Waals surface area contributed by atoms with Crippen molar-refractivity contribution in [3.63, 3.8) is 0 Å². The lowest BCUT2D eigenvalue weighted by Crippen LogP contribution is -2.28. The first kappa shape index (κ1) is 18.6. The second-order valence-corrected chi connectivity index (χ2v) is 7.12. The molecule has 2 aromatic carbocycles. The zero-order chi connectivity index (χ0) is 20.5. The van der Waals surface area contributed by atoms with E-state index in [1.165, 1.54) is 17.1 Å². The fourth-order valence-corrected chi connectivity index (χ4v) is 3.34. The van der Waals surface area contributed by atoms with E-state index < -0.39 is 0 Å². The Morgan fingerprint density at radius 2 is 1.86 bits per heavy atom. The van der Waals surface area contributed by atoms with E-state index in [4.69, 9.17) is 0 Å². The molecule has 2 heterocycles. The predicted octanol–water partition coefficient (Wildman–Crippen LogP) is 3.15. The minimum atomic E-state index is -0.300. The van der Waals surface area contributed by atoms with Crippen LogP contribution in [0, 0.1) is 20.8 Å². The number of aryl methyl sites for hydroxylation is 3. The van der Waals surface area contributed by atoms with E-state index in [1.54, 1.807) is 4.68 Å². The minimum Gasteiger partial charge on any atom is -0.324 e. The molecule has 1 amide bonds. The topological polar surface area (TPSA) is 81.8 Å². The summed E-state index contributed by atoms with van der Waals surface area (Å²) in [6.45, 7) is 5.78. The number of hydrogen-bond acceptors (Lipinski definition) is 4. The molecule has 0 saturated heterocycles. The lowest BCUT2D eigenvalue weighted by molar-refractivity contribution is -0.116. The zero-order valence-electron chi connectivity index (χ0n) is 16.5. The molecule has 0 aliphatic carbocycles. The molecule has 7 heteroatoms. The van der Waals surface area contributed by atoms with Gasteiger partial charge in [0, 0.05) is 5.69 Å². The number of nitrogens with one attached hydrogen (secondary N) is 1. The van der Waals surface area contributed by atoms with Crippen LogP contribution in [0.1, 0.15) is 16.7 Å². The summed E-state index contributed by atoms with van der Waals surface area (Å²) in [5, 5.41) is 7.56. The summed E-state index contributed by atoms with van der Waals surface area (Å²) in [7, 11) is 0. The normalized spacial score (nSPS) is 11.0. The van der Waals surface area contributed by atoms with Crippen LogP contribution in [-0.4, -0.2) is 25.2 Å². The van der Waals surface area contributed by atoms with Gasteiger partial charge in [0.15, 0.2) is 5.65 Å². The van der Waals surface area contributed by atoms with E-state index in [0.717, 1.165) is 28.1 Å².